The van der Waals surface area contributed by atoms with E-state index in [1.807, 2.05) is 36.4 Å². The first-order valence-corrected chi connectivity index (χ1v) is 10.0. The number of nitrogens with one attached hydrogen (secondary N) is 1. The number of aryl methyl sites for hydroxylation is 1. The molecule has 1 N–H and O–H groups in total. The molecule has 0 aliphatic carbocycles. The van der Waals surface area contributed by atoms with Crippen LogP contribution < -0.4 is 5.32 Å². The summed E-state index contributed by atoms with van der Waals surface area (Å²) < 4.78 is 0. The van der Waals surface area contributed by atoms with Crippen molar-refractivity contribution < 1.29 is 4.79 Å². The molecule has 0 aliphatic heterocycles. The van der Waals surface area contributed by atoms with E-state index in [2.05, 4.69) is 44.8 Å². The van der Waals surface area contributed by atoms with Gasteiger partial charge in [0.25, 0.3) is 0 Å². The molecule has 6 nitrogen and oxygen atoms in total. The number of amides is 1. The van der Waals surface area contributed by atoms with Gasteiger partial charge in [-0.25, -0.2) is 0 Å². The minimum Gasteiger partial charge on any atom is -0.326 e. The first-order chi connectivity index (χ1) is 14.6. The maximum atomic E-state index is 11.0. The molecule has 0 saturated carbocycles. The van der Waals surface area contributed by atoms with E-state index in [0.717, 1.165) is 29.2 Å². The number of carbonyl (C=O) groups is 1. The summed E-state index contributed by atoms with van der Waals surface area (Å²) in [6, 6.07) is 22.8. The summed E-state index contributed by atoms with van der Waals surface area (Å²) in [6.45, 7) is 3.67. The molecule has 0 heterocycles. The van der Waals surface area contributed by atoms with E-state index in [9.17, 15) is 4.79 Å². The molecule has 1 amide bonds. The summed E-state index contributed by atoms with van der Waals surface area (Å²) >= 11 is 0. The molecule has 3 aromatic rings. The quantitative estimate of drug-likeness (QED) is 0.385. The minimum atomic E-state index is -0.106. The zero-order chi connectivity index (χ0) is 21.2. The molecule has 0 fully saturated rings. The molecule has 30 heavy (non-hydrogen) atoms. The molecule has 152 valence electrons. The van der Waals surface area contributed by atoms with Crippen molar-refractivity contribution in [3.8, 4) is 0 Å². The van der Waals surface area contributed by atoms with Crippen LogP contribution in [0.15, 0.2) is 93.3 Å². The Morgan fingerprint density at radius 1 is 0.700 bits per heavy atom. The number of benzene rings is 3. The summed E-state index contributed by atoms with van der Waals surface area (Å²) in [5, 5.41) is 19.7. The third-order valence-electron chi connectivity index (χ3n) is 4.35. The van der Waals surface area contributed by atoms with Gasteiger partial charge in [0.15, 0.2) is 0 Å². The summed E-state index contributed by atoms with van der Waals surface area (Å²) in [6.07, 6.45) is 3.50. The van der Waals surface area contributed by atoms with Crippen LogP contribution in [0.4, 0.5) is 28.4 Å². The third kappa shape index (κ3) is 6.74. The molecular weight excluding hydrogens is 374 g/mol. The fourth-order valence-corrected chi connectivity index (χ4v) is 2.74. The molecule has 3 rings (SSSR count). The number of nitrogens with zero attached hydrogens (tertiary/aromatic N) is 4. The topological polar surface area (TPSA) is 78.5 Å². The zero-order valence-electron chi connectivity index (χ0n) is 17.2. The van der Waals surface area contributed by atoms with Crippen molar-refractivity contribution in [1.82, 2.24) is 0 Å². The highest BCUT2D eigenvalue weighted by atomic mass is 16.1. The van der Waals surface area contributed by atoms with E-state index >= 15 is 0 Å². The van der Waals surface area contributed by atoms with Gasteiger partial charge in [0, 0.05) is 12.6 Å². The summed E-state index contributed by atoms with van der Waals surface area (Å²) in [5.41, 5.74) is 5.07. The Balaban J connectivity index is 1.57. The summed E-state index contributed by atoms with van der Waals surface area (Å²) in [5.74, 6) is -0.106. The van der Waals surface area contributed by atoms with Gasteiger partial charge in [-0.05, 0) is 79.1 Å². The lowest BCUT2D eigenvalue weighted by Gasteiger charge is -2.01. The van der Waals surface area contributed by atoms with E-state index in [1.165, 1.54) is 25.3 Å². The lowest BCUT2D eigenvalue weighted by Crippen LogP contribution is -2.04. The van der Waals surface area contributed by atoms with Gasteiger partial charge < -0.3 is 5.32 Å². The molecule has 3 aromatic carbocycles. The molecule has 0 radical (unpaired) electrons. The Morgan fingerprint density at radius 3 is 1.50 bits per heavy atom. The molecular formula is C24H25N5O. The highest BCUT2D eigenvalue weighted by Gasteiger charge is 1.97. The lowest BCUT2D eigenvalue weighted by molar-refractivity contribution is -0.114. The first kappa shape index (κ1) is 21.0. The second-order valence-corrected chi connectivity index (χ2v) is 6.91. The lowest BCUT2D eigenvalue weighted by atomic mass is 10.1. The van der Waals surface area contributed by atoms with Crippen molar-refractivity contribution in [2.24, 2.45) is 20.5 Å². The number of rotatable bonds is 8. The number of carbonyl (C=O) groups excluding carboxylic acids is 1. The van der Waals surface area contributed by atoms with Gasteiger partial charge in [-0.3, -0.25) is 4.79 Å². The Kier molecular flexibility index (Phi) is 7.55. The van der Waals surface area contributed by atoms with Crippen LogP contribution >= 0.6 is 0 Å². The number of hydrogen-bond donors (Lipinski definition) is 1. The Hall–Kier alpha value is -3.67. The van der Waals surface area contributed by atoms with E-state index in [-0.39, 0.29) is 5.91 Å². The van der Waals surface area contributed by atoms with Crippen molar-refractivity contribution in [2.45, 2.75) is 33.1 Å². The van der Waals surface area contributed by atoms with Gasteiger partial charge in [0.05, 0.1) is 22.7 Å². The normalized spacial score (nSPS) is 11.3. The Bertz CT molecular complexity index is 1010. The van der Waals surface area contributed by atoms with Crippen molar-refractivity contribution >= 4 is 34.3 Å². The molecule has 0 atom stereocenters. The smallest absolute Gasteiger partial charge is 0.221 e. The van der Waals surface area contributed by atoms with Crippen LogP contribution in [0.5, 0.6) is 0 Å². The van der Waals surface area contributed by atoms with Crippen LogP contribution in [0.1, 0.15) is 32.3 Å². The SMILES string of the molecule is CCCCc1ccc(N=Nc2ccc(N=Nc3ccc(NC(C)=O)cc3)cc2)cc1. The zero-order valence-corrected chi connectivity index (χ0v) is 17.2. The third-order valence-corrected chi connectivity index (χ3v) is 4.35. The number of azo groups is 2. The molecule has 0 spiro atoms. The van der Waals surface area contributed by atoms with E-state index in [1.54, 1.807) is 24.3 Å². The number of unbranched alkanes of at least 4 members (excludes halogenated alkanes) is 1. The predicted molar refractivity (Wildman–Crippen MR) is 121 cm³/mol. The average Bonchev–Trinajstić information content (AvgIpc) is 2.77. The van der Waals surface area contributed by atoms with Gasteiger partial charge in [-0.15, -0.1) is 0 Å². The van der Waals surface area contributed by atoms with Gasteiger partial charge in [0.1, 0.15) is 0 Å². The van der Waals surface area contributed by atoms with Gasteiger partial charge >= 0.3 is 0 Å². The molecule has 0 bridgehead atoms. The predicted octanol–water partition coefficient (Wildman–Crippen LogP) is 7.82. The Morgan fingerprint density at radius 2 is 1.10 bits per heavy atom. The monoisotopic (exact) mass is 399 g/mol. The molecule has 0 aliphatic rings. The van der Waals surface area contributed by atoms with Crippen LogP contribution in [0.25, 0.3) is 0 Å². The van der Waals surface area contributed by atoms with E-state index < -0.39 is 0 Å². The first-order valence-electron chi connectivity index (χ1n) is 10.0. The second-order valence-electron chi connectivity index (χ2n) is 6.91. The molecule has 6 heteroatoms. The summed E-state index contributed by atoms with van der Waals surface area (Å²) in [7, 11) is 0. The van der Waals surface area contributed by atoms with Crippen LogP contribution in [-0.4, -0.2) is 5.91 Å². The van der Waals surface area contributed by atoms with Crippen molar-refractivity contribution in [2.75, 3.05) is 5.32 Å². The molecule has 0 unspecified atom stereocenters. The fraction of sp³-hybridized carbons (Fsp3) is 0.208. The standard InChI is InChI=1S/C24H25N5O/c1-3-4-5-19-6-8-21(9-7-19)26-28-23-14-16-24(17-15-23)29-27-22-12-10-20(11-13-22)25-18(2)30/h6-17H,3-5H2,1-2H3,(H,25,30). The highest BCUT2D eigenvalue weighted by molar-refractivity contribution is 5.88. The molecule has 0 aromatic heterocycles. The van der Waals surface area contributed by atoms with Crippen LogP contribution in [-0.2, 0) is 11.2 Å². The van der Waals surface area contributed by atoms with Gasteiger partial charge in [-0.1, -0.05) is 25.5 Å². The Labute approximate surface area is 176 Å². The van der Waals surface area contributed by atoms with Crippen molar-refractivity contribution in [3.05, 3.63) is 78.4 Å². The van der Waals surface area contributed by atoms with Gasteiger partial charge in [-0.2, -0.15) is 20.5 Å². The minimum absolute atomic E-state index is 0.106. The maximum absolute atomic E-state index is 11.0. The highest BCUT2D eigenvalue weighted by Crippen LogP contribution is 2.24. The number of anilines is 1. The second kappa shape index (κ2) is 10.8. The van der Waals surface area contributed by atoms with Crippen LogP contribution in [0.3, 0.4) is 0 Å². The van der Waals surface area contributed by atoms with E-state index in [4.69, 9.17) is 0 Å². The molecule has 0 saturated heterocycles. The van der Waals surface area contributed by atoms with Crippen molar-refractivity contribution in [1.29, 1.82) is 0 Å². The van der Waals surface area contributed by atoms with Crippen molar-refractivity contribution in [3.63, 3.8) is 0 Å². The summed E-state index contributed by atoms with van der Waals surface area (Å²) in [4.78, 5) is 11.0. The van der Waals surface area contributed by atoms with Crippen LogP contribution in [0, 0.1) is 0 Å². The van der Waals surface area contributed by atoms with Crippen LogP contribution in [0.2, 0.25) is 0 Å². The largest absolute Gasteiger partial charge is 0.326 e. The number of hydrogen-bond acceptors (Lipinski definition) is 5. The maximum Gasteiger partial charge on any atom is 0.221 e. The van der Waals surface area contributed by atoms with Gasteiger partial charge in [0.2, 0.25) is 5.91 Å². The van der Waals surface area contributed by atoms with E-state index in [0.29, 0.717) is 5.69 Å². The fourth-order valence-electron chi connectivity index (χ4n) is 2.74. The average molecular weight is 399 g/mol.